The number of hydrogen-bond donors (Lipinski definition) is 2. The zero-order chi connectivity index (χ0) is 16.1. The Hall–Kier alpha value is -2.02. The lowest BCUT2D eigenvalue weighted by molar-refractivity contribution is 0.251. The van der Waals surface area contributed by atoms with Crippen LogP contribution in [0.3, 0.4) is 0 Å². The summed E-state index contributed by atoms with van der Waals surface area (Å²) in [6.45, 7) is 2.20. The Balaban J connectivity index is 1.56. The largest absolute Gasteiger partial charge is 0.332 e. The Morgan fingerprint density at radius 3 is 2.87 bits per heavy atom. The van der Waals surface area contributed by atoms with Crippen LogP contribution in [-0.4, -0.2) is 21.0 Å². The van der Waals surface area contributed by atoms with Crippen LogP contribution in [0.15, 0.2) is 12.3 Å². The molecule has 0 saturated heterocycles. The van der Waals surface area contributed by atoms with E-state index in [1.165, 1.54) is 30.6 Å². The first-order chi connectivity index (χ1) is 11.2. The van der Waals surface area contributed by atoms with Crippen LogP contribution in [0, 0.1) is 6.92 Å². The lowest BCUT2D eigenvalue weighted by Crippen LogP contribution is -2.28. The molecule has 3 rings (SSSR count). The Morgan fingerprint density at radius 1 is 1.22 bits per heavy atom. The number of carbonyl (C=O) groups is 1. The van der Waals surface area contributed by atoms with Crippen molar-refractivity contribution in [2.75, 3.05) is 5.32 Å². The Kier molecular flexibility index (Phi) is 5.17. The van der Waals surface area contributed by atoms with E-state index in [1.807, 2.05) is 6.92 Å². The van der Waals surface area contributed by atoms with E-state index in [9.17, 15) is 4.79 Å². The molecule has 2 aromatic rings. The van der Waals surface area contributed by atoms with Crippen LogP contribution in [-0.2, 0) is 19.4 Å². The minimum Gasteiger partial charge on any atom is -0.332 e. The van der Waals surface area contributed by atoms with E-state index >= 15 is 0 Å². The van der Waals surface area contributed by atoms with E-state index in [4.69, 9.17) is 0 Å². The summed E-state index contributed by atoms with van der Waals surface area (Å²) in [5.74, 6) is 0.699. The third-order valence-corrected chi connectivity index (χ3v) is 4.90. The van der Waals surface area contributed by atoms with E-state index in [0.717, 1.165) is 24.2 Å². The molecule has 7 heteroatoms. The second-order valence-corrected chi connectivity index (χ2v) is 6.79. The summed E-state index contributed by atoms with van der Waals surface area (Å²) in [6, 6.07) is 1.55. The molecule has 23 heavy (non-hydrogen) atoms. The number of carbonyl (C=O) groups excluding carboxylic acids is 1. The smallest absolute Gasteiger partial charge is 0.321 e. The fraction of sp³-hybridized carbons (Fsp3) is 0.500. The fourth-order valence-corrected chi connectivity index (χ4v) is 3.72. The summed E-state index contributed by atoms with van der Waals surface area (Å²) in [6.07, 6.45) is 8.77. The fourth-order valence-electron chi connectivity index (χ4n) is 2.67. The predicted octanol–water partition coefficient (Wildman–Crippen LogP) is 3.22. The summed E-state index contributed by atoms with van der Waals surface area (Å²) in [7, 11) is 0. The molecule has 122 valence electrons. The van der Waals surface area contributed by atoms with Gasteiger partial charge in [-0.25, -0.2) is 19.7 Å². The van der Waals surface area contributed by atoms with E-state index in [0.29, 0.717) is 17.5 Å². The molecule has 0 atom stereocenters. The van der Waals surface area contributed by atoms with Crippen LogP contribution in [0.2, 0.25) is 0 Å². The van der Waals surface area contributed by atoms with Gasteiger partial charge in [-0.15, -0.1) is 11.3 Å². The molecule has 0 saturated carbocycles. The summed E-state index contributed by atoms with van der Waals surface area (Å²) >= 11 is 1.60. The molecule has 1 aliphatic rings. The van der Waals surface area contributed by atoms with Crippen molar-refractivity contribution in [3.05, 3.63) is 34.4 Å². The van der Waals surface area contributed by atoms with Crippen molar-refractivity contribution in [1.29, 1.82) is 0 Å². The van der Waals surface area contributed by atoms with Crippen molar-refractivity contribution < 1.29 is 4.79 Å². The van der Waals surface area contributed by atoms with E-state index in [2.05, 4.69) is 25.6 Å². The van der Waals surface area contributed by atoms with Crippen molar-refractivity contribution >= 4 is 22.5 Å². The first-order valence-corrected chi connectivity index (χ1v) is 8.84. The SMILES string of the molecule is Cc1nccc(CNC(=O)Nc2nc3c(s2)CCCCCC3)n1. The summed E-state index contributed by atoms with van der Waals surface area (Å²) < 4.78 is 0. The van der Waals surface area contributed by atoms with Crippen molar-refractivity contribution in [2.45, 2.75) is 52.0 Å². The molecule has 0 bridgehead atoms. The van der Waals surface area contributed by atoms with Gasteiger partial charge in [0, 0.05) is 11.1 Å². The number of nitrogens with one attached hydrogen (secondary N) is 2. The molecular weight excluding hydrogens is 310 g/mol. The van der Waals surface area contributed by atoms with Gasteiger partial charge in [-0.1, -0.05) is 12.8 Å². The van der Waals surface area contributed by atoms with Crippen molar-refractivity contribution in [3.63, 3.8) is 0 Å². The second kappa shape index (κ2) is 7.50. The minimum absolute atomic E-state index is 0.247. The quantitative estimate of drug-likeness (QED) is 0.905. The molecule has 2 aromatic heterocycles. The van der Waals surface area contributed by atoms with Gasteiger partial charge in [0.05, 0.1) is 17.9 Å². The molecule has 0 radical (unpaired) electrons. The molecular formula is C16H21N5OS. The number of nitrogens with zero attached hydrogens (tertiary/aromatic N) is 3. The zero-order valence-electron chi connectivity index (χ0n) is 13.3. The van der Waals surface area contributed by atoms with E-state index < -0.39 is 0 Å². The standard InChI is InChI=1S/C16H21N5OS/c1-11-17-9-8-12(19-11)10-18-15(22)21-16-20-13-6-4-2-3-5-7-14(13)23-16/h8-9H,2-7,10H2,1H3,(H2,18,20,21,22). The van der Waals surface area contributed by atoms with Crippen molar-refractivity contribution in [2.24, 2.45) is 0 Å². The van der Waals surface area contributed by atoms with Crippen LogP contribution in [0.25, 0.3) is 0 Å². The van der Waals surface area contributed by atoms with Gasteiger partial charge in [0.15, 0.2) is 5.13 Å². The van der Waals surface area contributed by atoms with Gasteiger partial charge in [-0.3, -0.25) is 5.32 Å². The number of hydrogen-bond acceptors (Lipinski definition) is 5. The van der Waals surface area contributed by atoms with Gasteiger partial charge in [0.25, 0.3) is 0 Å². The van der Waals surface area contributed by atoms with Crippen LogP contribution < -0.4 is 10.6 Å². The lowest BCUT2D eigenvalue weighted by atomic mass is 10.0. The topological polar surface area (TPSA) is 79.8 Å². The van der Waals surface area contributed by atoms with E-state index in [-0.39, 0.29) is 6.03 Å². The van der Waals surface area contributed by atoms with Gasteiger partial charge in [-0.2, -0.15) is 0 Å². The molecule has 0 aromatic carbocycles. The highest BCUT2D eigenvalue weighted by Gasteiger charge is 2.14. The number of anilines is 1. The number of fused-ring (bicyclic) bond motifs is 1. The summed E-state index contributed by atoms with van der Waals surface area (Å²) in [5, 5.41) is 6.33. The third kappa shape index (κ3) is 4.48. The number of aryl methyl sites for hydroxylation is 3. The number of rotatable bonds is 3. The number of amides is 2. The summed E-state index contributed by atoms with van der Waals surface area (Å²) in [5.41, 5.74) is 1.95. The average Bonchev–Trinajstić information content (AvgIpc) is 2.86. The average molecular weight is 331 g/mol. The molecule has 2 N–H and O–H groups in total. The number of urea groups is 1. The highest BCUT2D eigenvalue weighted by Crippen LogP contribution is 2.28. The zero-order valence-corrected chi connectivity index (χ0v) is 14.1. The third-order valence-electron chi connectivity index (χ3n) is 3.83. The maximum Gasteiger partial charge on any atom is 0.321 e. The lowest BCUT2D eigenvalue weighted by Gasteiger charge is -2.06. The maximum absolute atomic E-state index is 12.0. The Morgan fingerprint density at radius 2 is 2.04 bits per heavy atom. The second-order valence-electron chi connectivity index (χ2n) is 5.71. The number of aromatic nitrogens is 3. The van der Waals surface area contributed by atoms with Crippen LogP contribution >= 0.6 is 11.3 Å². The van der Waals surface area contributed by atoms with Crippen LogP contribution in [0.4, 0.5) is 9.93 Å². The predicted molar refractivity (Wildman–Crippen MR) is 90.6 cm³/mol. The van der Waals surface area contributed by atoms with Gasteiger partial charge >= 0.3 is 6.03 Å². The molecule has 1 aliphatic carbocycles. The van der Waals surface area contributed by atoms with Gasteiger partial charge in [0.2, 0.25) is 0 Å². The molecule has 0 fully saturated rings. The Bertz CT molecular complexity index is 659. The first kappa shape index (κ1) is 15.9. The normalized spacial score (nSPS) is 14.5. The van der Waals surface area contributed by atoms with Crippen LogP contribution in [0.1, 0.15) is 47.8 Å². The van der Waals surface area contributed by atoms with Gasteiger partial charge in [-0.05, 0) is 38.7 Å². The van der Waals surface area contributed by atoms with Gasteiger partial charge in [0.1, 0.15) is 5.82 Å². The highest BCUT2D eigenvalue weighted by molar-refractivity contribution is 7.15. The van der Waals surface area contributed by atoms with Crippen LogP contribution in [0.5, 0.6) is 0 Å². The first-order valence-electron chi connectivity index (χ1n) is 8.02. The minimum atomic E-state index is -0.247. The Labute approximate surface area is 139 Å². The molecule has 0 unspecified atom stereocenters. The van der Waals surface area contributed by atoms with Crippen molar-refractivity contribution in [1.82, 2.24) is 20.3 Å². The molecule has 2 heterocycles. The molecule has 2 amide bonds. The molecule has 6 nitrogen and oxygen atoms in total. The monoisotopic (exact) mass is 331 g/mol. The summed E-state index contributed by atoms with van der Waals surface area (Å²) in [4.78, 5) is 26.2. The van der Waals surface area contributed by atoms with Crippen molar-refractivity contribution in [3.8, 4) is 0 Å². The van der Waals surface area contributed by atoms with E-state index in [1.54, 1.807) is 23.6 Å². The maximum atomic E-state index is 12.0. The number of thiazole rings is 1. The molecule has 0 aliphatic heterocycles. The molecule has 0 spiro atoms. The van der Waals surface area contributed by atoms with Gasteiger partial charge < -0.3 is 5.32 Å². The highest BCUT2D eigenvalue weighted by atomic mass is 32.1.